The van der Waals surface area contributed by atoms with Crippen molar-refractivity contribution in [3.05, 3.63) is 11.8 Å². The Morgan fingerprint density at radius 2 is 1.92 bits per heavy atom. The maximum absolute atomic E-state index is 12.4. The third-order valence-electron chi connectivity index (χ3n) is 1.00. The summed E-state index contributed by atoms with van der Waals surface area (Å²) >= 11 is 0. The van der Waals surface area contributed by atoms with Gasteiger partial charge in [-0.1, -0.05) is 0 Å². The van der Waals surface area contributed by atoms with E-state index in [1.165, 1.54) is 0 Å². The average Bonchev–Trinajstić information content (AvgIpc) is 1.97. The molecule has 78 valence electrons. The fraction of sp³-hybridized carbons (Fsp3) is 0.600. The van der Waals surface area contributed by atoms with E-state index in [2.05, 4.69) is 4.52 Å². The normalized spacial score (nSPS) is 16.1. The average molecular weight is 220 g/mol. The smallest absolute Gasteiger partial charge is 0.406 e. The highest BCUT2D eigenvalue weighted by molar-refractivity contribution is 7.46. The summed E-state index contributed by atoms with van der Waals surface area (Å²) in [5, 5.41) is 0. The second-order valence-corrected chi connectivity index (χ2v) is 3.17. The highest BCUT2D eigenvalue weighted by atomic mass is 31.2. The van der Waals surface area contributed by atoms with Gasteiger partial charge in [0, 0.05) is 0 Å². The summed E-state index contributed by atoms with van der Waals surface area (Å²) in [7, 11) is -4.97. The van der Waals surface area contributed by atoms with Gasteiger partial charge < -0.3 is 4.52 Å². The van der Waals surface area contributed by atoms with E-state index in [1.54, 1.807) is 0 Å². The highest BCUT2D eigenvalue weighted by Gasteiger charge is 2.29. The topological polar surface area (TPSA) is 66.8 Å². The summed E-state index contributed by atoms with van der Waals surface area (Å²) in [6.45, 7) is 1.12. The van der Waals surface area contributed by atoms with Gasteiger partial charge in [0.15, 0.2) is 0 Å². The van der Waals surface area contributed by atoms with Crippen LogP contribution in [0.25, 0.3) is 0 Å². The lowest BCUT2D eigenvalue weighted by Crippen LogP contribution is -2.16. The van der Waals surface area contributed by atoms with Gasteiger partial charge in [0.1, 0.15) is 5.76 Å². The molecule has 0 amide bonds. The zero-order valence-electron chi connectivity index (χ0n) is 6.52. The molecule has 0 radical (unpaired) electrons. The second-order valence-electron chi connectivity index (χ2n) is 2.01. The molecule has 4 nitrogen and oxygen atoms in total. The predicted molar refractivity (Wildman–Crippen MR) is 37.8 cm³/mol. The molecule has 0 aromatic carbocycles. The van der Waals surface area contributed by atoms with Gasteiger partial charge in [-0.15, -0.1) is 0 Å². The number of halogens is 3. The van der Waals surface area contributed by atoms with Crippen molar-refractivity contribution < 1.29 is 32.0 Å². The summed E-state index contributed by atoms with van der Waals surface area (Å²) in [4.78, 5) is 16.4. The zero-order valence-corrected chi connectivity index (χ0v) is 7.42. The molecule has 0 bridgehead atoms. The minimum atomic E-state index is -4.97. The van der Waals surface area contributed by atoms with E-state index < -0.39 is 26.2 Å². The fourth-order valence-corrected chi connectivity index (χ4v) is 1.00. The Kier molecular flexibility index (Phi) is 4.46. The number of hydrogen-bond acceptors (Lipinski definition) is 2. The van der Waals surface area contributed by atoms with Crippen LogP contribution in [0.15, 0.2) is 11.8 Å². The molecule has 0 aliphatic heterocycles. The van der Waals surface area contributed by atoms with E-state index in [9.17, 15) is 17.7 Å². The van der Waals surface area contributed by atoms with Crippen LogP contribution in [-0.2, 0) is 9.09 Å². The number of hydrogen-bond donors (Lipinski definition) is 2. The van der Waals surface area contributed by atoms with Crippen LogP contribution in [0.1, 0.15) is 6.92 Å². The van der Waals surface area contributed by atoms with Crippen molar-refractivity contribution in [2.45, 2.75) is 19.5 Å². The number of allylic oxidation sites excluding steroid dienone is 2. The van der Waals surface area contributed by atoms with Crippen molar-refractivity contribution in [1.29, 1.82) is 0 Å². The third-order valence-corrected chi connectivity index (χ3v) is 1.45. The summed E-state index contributed by atoms with van der Waals surface area (Å²) in [5.74, 6) is -1.07. The van der Waals surface area contributed by atoms with Gasteiger partial charge in [-0.25, -0.2) is 17.7 Å². The second kappa shape index (κ2) is 4.64. The molecule has 0 aliphatic rings. The lowest BCUT2D eigenvalue weighted by Gasteiger charge is -2.13. The Labute approximate surface area is 72.3 Å². The maximum Gasteiger partial charge on any atom is 0.524 e. The van der Waals surface area contributed by atoms with Gasteiger partial charge >= 0.3 is 7.82 Å². The van der Waals surface area contributed by atoms with Crippen LogP contribution in [0.2, 0.25) is 0 Å². The largest absolute Gasteiger partial charge is 0.524 e. The molecule has 0 rings (SSSR count). The molecule has 0 heterocycles. The first-order chi connectivity index (χ1) is 5.78. The molecule has 0 saturated carbocycles. The van der Waals surface area contributed by atoms with Crippen LogP contribution in [-0.4, -0.2) is 22.4 Å². The summed E-state index contributed by atoms with van der Waals surface area (Å²) in [5.41, 5.74) is 0. The third kappa shape index (κ3) is 4.92. The molecule has 2 N–H and O–H groups in total. The van der Waals surface area contributed by atoms with E-state index in [4.69, 9.17) is 9.79 Å². The quantitative estimate of drug-likeness (QED) is 0.557. The van der Waals surface area contributed by atoms with Gasteiger partial charge in [-0.2, -0.15) is 0 Å². The summed E-state index contributed by atoms with van der Waals surface area (Å²) in [6.07, 6.45) is -5.47. The van der Waals surface area contributed by atoms with Gasteiger partial charge in [-0.05, 0) is 13.0 Å². The molecule has 13 heavy (non-hydrogen) atoms. The molecule has 0 spiro atoms. The van der Waals surface area contributed by atoms with E-state index >= 15 is 0 Å². The van der Waals surface area contributed by atoms with Gasteiger partial charge in [-0.3, -0.25) is 9.79 Å². The zero-order chi connectivity index (χ0) is 10.6. The number of phosphoric ester groups is 1. The van der Waals surface area contributed by atoms with Crippen molar-refractivity contribution >= 4 is 7.82 Å². The summed E-state index contributed by atoms with van der Waals surface area (Å²) < 4.78 is 49.6. The maximum atomic E-state index is 12.4. The minimum absolute atomic E-state index is 0.732. The Bertz CT molecular complexity index is 236. The van der Waals surface area contributed by atoms with Gasteiger partial charge in [0.25, 0.3) is 6.43 Å². The van der Waals surface area contributed by atoms with Crippen LogP contribution >= 0.6 is 7.82 Å². The molecule has 1 atom stereocenters. The van der Waals surface area contributed by atoms with E-state index in [0.717, 1.165) is 13.0 Å². The first-order valence-corrected chi connectivity index (χ1v) is 4.64. The lowest BCUT2D eigenvalue weighted by molar-refractivity contribution is 0.0460. The van der Waals surface area contributed by atoms with Crippen LogP contribution in [0.3, 0.4) is 0 Å². The molecule has 0 aliphatic carbocycles. The van der Waals surface area contributed by atoms with Gasteiger partial charge in [0.05, 0.1) is 0 Å². The summed E-state index contributed by atoms with van der Waals surface area (Å²) in [6, 6.07) is 0. The van der Waals surface area contributed by atoms with Crippen molar-refractivity contribution in [3.63, 3.8) is 0 Å². The Balaban J connectivity index is 4.47. The van der Waals surface area contributed by atoms with Crippen molar-refractivity contribution in [2.24, 2.45) is 0 Å². The number of alkyl halides is 3. The highest BCUT2D eigenvalue weighted by Crippen LogP contribution is 2.40. The molecule has 0 aromatic rings. The van der Waals surface area contributed by atoms with Crippen LogP contribution < -0.4 is 0 Å². The molecular formula is C5H8F3O4P. The first kappa shape index (κ1) is 12.5. The van der Waals surface area contributed by atoms with Crippen molar-refractivity contribution in [3.8, 4) is 0 Å². The van der Waals surface area contributed by atoms with Gasteiger partial charge in [0.2, 0.25) is 6.17 Å². The fourth-order valence-electron chi connectivity index (χ4n) is 0.524. The molecule has 8 heteroatoms. The van der Waals surface area contributed by atoms with Crippen LogP contribution in [0, 0.1) is 0 Å². The predicted octanol–water partition coefficient (Wildman–Crippen LogP) is 1.60. The SMILES string of the molecule is CC=C(OP(=O)(O)O)C(F)C(F)F. The Morgan fingerprint density at radius 3 is 2.15 bits per heavy atom. The minimum Gasteiger partial charge on any atom is -0.406 e. The first-order valence-electron chi connectivity index (χ1n) is 3.11. The lowest BCUT2D eigenvalue weighted by atomic mass is 10.3. The van der Waals surface area contributed by atoms with E-state index in [1.807, 2.05) is 0 Å². The van der Waals surface area contributed by atoms with Crippen LogP contribution in [0.5, 0.6) is 0 Å². The molecule has 0 aromatic heterocycles. The monoisotopic (exact) mass is 220 g/mol. The Hall–Kier alpha value is -0.520. The number of rotatable bonds is 4. The number of phosphoric acid groups is 1. The molecule has 1 unspecified atom stereocenters. The van der Waals surface area contributed by atoms with E-state index in [0.29, 0.717) is 0 Å². The molecule has 0 fully saturated rings. The molecular weight excluding hydrogens is 212 g/mol. The van der Waals surface area contributed by atoms with Crippen molar-refractivity contribution in [1.82, 2.24) is 0 Å². The standard InChI is InChI=1S/C5H8F3O4P/c1-2-3(4(6)5(7)8)12-13(9,10)11/h2,4-5H,1H3,(H2,9,10,11). The molecule has 0 saturated heterocycles. The van der Waals surface area contributed by atoms with Crippen molar-refractivity contribution in [2.75, 3.05) is 0 Å². The Morgan fingerprint density at radius 1 is 1.46 bits per heavy atom. The van der Waals surface area contributed by atoms with Crippen LogP contribution in [0.4, 0.5) is 13.2 Å². The van der Waals surface area contributed by atoms with E-state index in [-0.39, 0.29) is 0 Å².